The number of carbonyl (C=O) groups is 1. The molecular weight excluding hydrogens is 454 g/mol. The van der Waals surface area contributed by atoms with Gasteiger partial charge in [0.2, 0.25) is 5.75 Å². The van der Waals surface area contributed by atoms with Crippen molar-refractivity contribution < 1.29 is 60.5 Å². The molecule has 29 heavy (non-hydrogen) atoms. The standard InChI is InChI=1S/C13H9N3O10S.CH3.Cr/c17-10-4-11(18)7(3-6(10)13(20)21)14-15-8-1-5(27(24,25)26)2-9(12(8)19)16(22)23;;/h1-4,17-19H,(H,20,21)(H,24,25,26);1H3;/q;-1;+2/p-1. The molecule has 0 heterocycles. The van der Waals surface area contributed by atoms with Gasteiger partial charge < -0.3 is 32.4 Å². The summed E-state index contributed by atoms with van der Waals surface area (Å²) >= 11 is 0. The Labute approximate surface area is 173 Å². The number of carboxylic acid groups (broad SMARTS) is 1. The quantitative estimate of drug-likeness (QED) is 0.165. The van der Waals surface area contributed by atoms with Gasteiger partial charge in [0.15, 0.2) is 0 Å². The molecule has 0 bridgehead atoms. The third-order valence-electron chi connectivity index (χ3n) is 3.12. The average molecular weight is 465 g/mol. The molecule has 0 atom stereocenters. The van der Waals surface area contributed by atoms with E-state index in [-0.39, 0.29) is 24.8 Å². The molecule has 154 valence electrons. The average Bonchev–Trinajstić information content (AvgIpc) is 2.53. The van der Waals surface area contributed by atoms with Crippen molar-refractivity contribution >= 4 is 33.1 Å². The Morgan fingerprint density at radius 1 is 1.00 bits per heavy atom. The van der Waals surface area contributed by atoms with Crippen LogP contribution in [0.5, 0.6) is 17.2 Å². The van der Waals surface area contributed by atoms with Crippen molar-refractivity contribution in [1.29, 1.82) is 0 Å². The zero-order valence-electron chi connectivity index (χ0n) is 14.2. The Bertz CT molecular complexity index is 1100. The summed E-state index contributed by atoms with van der Waals surface area (Å²) in [7, 11) is -5.14. The predicted octanol–water partition coefficient (Wildman–Crippen LogP) is 2.18. The van der Waals surface area contributed by atoms with Crippen molar-refractivity contribution in [1.82, 2.24) is 0 Å². The first-order chi connectivity index (χ1) is 12.4. The Kier molecular flexibility index (Phi) is 8.26. The Morgan fingerprint density at radius 3 is 2.03 bits per heavy atom. The number of nitro benzene ring substituents is 1. The van der Waals surface area contributed by atoms with Crippen LogP contribution in [0.15, 0.2) is 39.4 Å². The first-order valence-corrected chi connectivity index (χ1v) is 8.01. The molecule has 0 unspecified atom stereocenters. The maximum atomic E-state index is 11.1. The van der Waals surface area contributed by atoms with Crippen molar-refractivity contribution in [2.45, 2.75) is 4.90 Å². The van der Waals surface area contributed by atoms with Gasteiger partial charge in [0.25, 0.3) is 0 Å². The van der Waals surface area contributed by atoms with Gasteiger partial charge in [-0.2, -0.15) is 0 Å². The van der Waals surface area contributed by atoms with Crippen molar-refractivity contribution in [3.63, 3.8) is 0 Å². The molecule has 0 radical (unpaired) electrons. The van der Waals surface area contributed by atoms with E-state index in [1.165, 1.54) is 0 Å². The number of rotatable bonds is 5. The third kappa shape index (κ3) is 5.62. The Balaban J connectivity index is 0.00000392. The van der Waals surface area contributed by atoms with E-state index in [2.05, 4.69) is 10.2 Å². The molecule has 0 fully saturated rings. The molecule has 2 aromatic rings. The second-order valence-corrected chi connectivity index (χ2v) is 6.26. The van der Waals surface area contributed by atoms with E-state index >= 15 is 0 Å². The molecule has 0 spiro atoms. The van der Waals surface area contributed by atoms with Crippen molar-refractivity contribution in [3.05, 3.63) is 47.4 Å². The number of azo groups is 1. The zero-order valence-corrected chi connectivity index (χ0v) is 16.3. The maximum Gasteiger partial charge on any atom is 2.00 e. The SMILES string of the molecule is O=C(O)c1cc(N=Nc2cc(S(=O)(=O)[O-])cc([N+](=O)[O-])c2O)c(O)cc1O.[CH3-].[Cr+2]. The first-order valence-electron chi connectivity index (χ1n) is 6.60. The number of hydrogen-bond acceptors (Lipinski definition) is 11. The number of aromatic carboxylic acids is 1. The minimum atomic E-state index is -5.14. The number of carboxylic acids is 1. The Morgan fingerprint density at radius 2 is 1.55 bits per heavy atom. The van der Waals surface area contributed by atoms with Gasteiger partial charge in [-0.25, -0.2) is 13.2 Å². The van der Waals surface area contributed by atoms with E-state index in [0.29, 0.717) is 24.3 Å². The number of phenols is 3. The summed E-state index contributed by atoms with van der Waals surface area (Å²) in [5.74, 6) is -4.20. The van der Waals surface area contributed by atoms with Crippen LogP contribution < -0.4 is 0 Å². The largest absolute Gasteiger partial charge is 2.00 e. The fourth-order valence-electron chi connectivity index (χ4n) is 1.86. The second-order valence-electron chi connectivity index (χ2n) is 4.88. The molecule has 15 heteroatoms. The van der Waals surface area contributed by atoms with Gasteiger partial charge in [0.05, 0.1) is 9.82 Å². The van der Waals surface area contributed by atoms with E-state index in [1.54, 1.807) is 0 Å². The van der Waals surface area contributed by atoms with Gasteiger partial charge in [0, 0.05) is 12.1 Å². The van der Waals surface area contributed by atoms with Gasteiger partial charge >= 0.3 is 29.0 Å². The monoisotopic (exact) mass is 465 g/mol. The topological polar surface area (TPSA) is 223 Å². The Hall–Kier alpha value is -3.25. The third-order valence-corrected chi connectivity index (χ3v) is 3.93. The van der Waals surface area contributed by atoms with Gasteiger partial charge in [-0.3, -0.25) is 10.1 Å². The molecule has 2 rings (SSSR count). The number of phenolic OH excluding ortho intramolecular Hbond substituents is 2. The van der Waals surface area contributed by atoms with Crippen LogP contribution in [0.4, 0.5) is 17.1 Å². The van der Waals surface area contributed by atoms with Crippen LogP contribution in [0, 0.1) is 17.5 Å². The van der Waals surface area contributed by atoms with Crippen molar-refractivity contribution in [3.8, 4) is 17.2 Å². The molecule has 0 aliphatic carbocycles. The van der Waals surface area contributed by atoms with E-state index in [9.17, 15) is 43.2 Å². The normalized spacial score (nSPS) is 10.8. The van der Waals surface area contributed by atoms with E-state index in [4.69, 9.17) is 5.11 Å². The van der Waals surface area contributed by atoms with Crippen molar-refractivity contribution in [2.24, 2.45) is 10.2 Å². The van der Waals surface area contributed by atoms with Crippen LogP contribution in [0.2, 0.25) is 0 Å². The number of nitrogens with zero attached hydrogens (tertiary/aromatic N) is 3. The minimum absolute atomic E-state index is 0. The molecule has 0 saturated heterocycles. The fourth-order valence-corrected chi connectivity index (χ4v) is 2.38. The molecule has 4 N–H and O–H groups in total. The smallest absolute Gasteiger partial charge is 0.744 e. The van der Waals surface area contributed by atoms with Gasteiger partial charge in [-0.15, -0.1) is 10.2 Å². The van der Waals surface area contributed by atoms with Crippen LogP contribution >= 0.6 is 0 Å². The summed E-state index contributed by atoms with van der Waals surface area (Å²) in [6.45, 7) is 0. The summed E-state index contributed by atoms with van der Waals surface area (Å²) in [5, 5.41) is 55.3. The molecule has 0 aliphatic heterocycles. The molecule has 0 aliphatic rings. The molecular formula is C14H11CrN3O10S. The number of nitro groups is 1. The second kappa shape index (κ2) is 9.30. The summed E-state index contributed by atoms with van der Waals surface area (Å²) < 4.78 is 33.3. The summed E-state index contributed by atoms with van der Waals surface area (Å²) in [4.78, 5) is 19.6. The van der Waals surface area contributed by atoms with Crippen LogP contribution in [-0.2, 0) is 27.5 Å². The fraction of sp³-hybridized carbons (Fsp3) is 0. The van der Waals surface area contributed by atoms with Crippen LogP contribution in [0.25, 0.3) is 0 Å². The number of benzene rings is 2. The van der Waals surface area contributed by atoms with Gasteiger partial charge in [-0.05, 0) is 12.1 Å². The minimum Gasteiger partial charge on any atom is -0.744 e. The molecule has 0 amide bonds. The summed E-state index contributed by atoms with van der Waals surface area (Å²) in [6, 6.07) is 2.18. The predicted molar refractivity (Wildman–Crippen MR) is 90.0 cm³/mol. The zero-order chi connectivity index (χ0) is 20.5. The van der Waals surface area contributed by atoms with Gasteiger partial charge in [0.1, 0.15) is 38.6 Å². The number of hydrogen-bond donors (Lipinski definition) is 4. The summed E-state index contributed by atoms with van der Waals surface area (Å²) in [5.41, 5.74) is -3.12. The maximum absolute atomic E-state index is 11.1. The van der Waals surface area contributed by atoms with E-state index in [0.717, 1.165) is 0 Å². The molecule has 13 nitrogen and oxygen atoms in total. The molecule has 0 saturated carbocycles. The first kappa shape index (κ1) is 25.8. The van der Waals surface area contributed by atoms with E-state index < -0.39 is 65.8 Å². The van der Waals surface area contributed by atoms with E-state index in [1.807, 2.05) is 0 Å². The molecule has 0 aromatic heterocycles. The van der Waals surface area contributed by atoms with Crippen molar-refractivity contribution in [2.75, 3.05) is 0 Å². The molecule has 2 aromatic carbocycles. The van der Waals surface area contributed by atoms with Crippen LogP contribution in [-0.4, -0.2) is 44.3 Å². The van der Waals surface area contributed by atoms with Crippen LogP contribution in [0.3, 0.4) is 0 Å². The van der Waals surface area contributed by atoms with Crippen LogP contribution in [0.1, 0.15) is 10.4 Å². The van der Waals surface area contributed by atoms with Gasteiger partial charge in [-0.1, -0.05) is 0 Å². The summed E-state index contributed by atoms with van der Waals surface area (Å²) in [6.07, 6.45) is 0. The number of aromatic hydroxyl groups is 3.